The standard InChI is InChI=1S/C13H18O5.CH4O/c1-8-4-2-3-5-10(8)17-12-6-9(15)13(16)11(7-14)18-12;1-2/h2-5,9,11-16H,6-7H2,1H3;2H,1H3/t9-,11?,12-,13+;/m1./s1. The maximum atomic E-state index is 9.68. The highest BCUT2D eigenvalue weighted by molar-refractivity contribution is 5.31. The van der Waals surface area contributed by atoms with E-state index in [1.54, 1.807) is 0 Å². The lowest BCUT2D eigenvalue weighted by molar-refractivity contribution is -0.230. The molecular formula is C14H22O6. The Balaban J connectivity index is 0.000000956. The van der Waals surface area contributed by atoms with Crippen molar-refractivity contribution >= 4 is 0 Å². The second-order valence-electron chi connectivity index (χ2n) is 4.46. The van der Waals surface area contributed by atoms with Gasteiger partial charge in [0.05, 0.1) is 12.7 Å². The summed E-state index contributed by atoms with van der Waals surface area (Å²) in [5.74, 6) is 0.669. The predicted molar refractivity (Wildman–Crippen MR) is 72.3 cm³/mol. The van der Waals surface area contributed by atoms with E-state index >= 15 is 0 Å². The van der Waals surface area contributed by atoms with Gasteiger partial charge in [-0.3, -0.25) is 0 Å². The van der Waals surface area contributed by atoms with Crippen LogP contribution in [-0.2, 0) is 4.74 Å². The third-order valence-electron chi connectivity index (χ3n) is 3.07. The Morgan fingerprint density at radius 2 is 1.90 bits per heavy atom. The molecule has 1 heterocycles. The van der Waals surface area contributed by atoms with Crippen molar-refractivity contribution in [1.82, 2.24) is 0 Å². The molecule has 1 aliphatic rings. The van der Waals surface area contributed by atoms with E-state index in [0.717, 1.165) is 12.7 Å². The maximum absolute atomic E-state index is 9.68. The number of hydrogen-bond acceptors (Lipinski definition) is 6. The van der Waals surface area contributed by atoms with Crippen LogP contribution in [0.1, 0.15) is 12.0 Å². The van der Waals surface area contributed by atoms with Gasteiger partial charge in [0, 0.05) is 13.5 Å². The summed E-state index contributed by atoms with van der Waals surface area (Å²) in [5.41, 5.74) is 0.960. The van der Waals surface area contributed by atoms with Crippen LogP contribution in [0.15, 0.2) is 24.3 Å². The number of para-hydroxylation sites is 1. The third kappa shape index (κ3) is 4.16. The largest absolute Gasteiger partial charge is 0.465 e. The van der Waals surface area contributed by atoms with Crippen molar-refractivity contribution in [3.8, 4) is 5.75 Å². The minimum atomic E-state index is -1.08. The molecule has 0 aromatic heterocycles. The Kier molecular flexibility index (Phi) is 6.90. The SMILES string of the molecule is CO.Cc1ccccc1O[C@H]1C[C@@H](O)[C@H](O)C(CO)O1. The van der Waals surface area contributed by atoms with E-state index in [1.165, 1.54) is 0 Å². The highest BCUT2D eigenvalue weighted by Crippen LogP contribution is 2.25. The molecule has 1 aliphatic heterocycles. The monoisotopic (exact) mass is 286 g/mol. The molecule has 0 bridgehead atoms. The number of benzene rings is 1. The molecule has 4 N–H and O–H groups in total. The van der Waals surface area contributed by atoms with Crippen LogP contribution in [0.2, 0.25) is 0 Å². The summed E-state index contributed by atoms with van der Waals surface area (Å²) in [6.07, 6.45) is -3.34. The first-order chi connectivity index (χ1) is 9.61. The number of aliphatic hydroxyl groups excluding tert-OH is 4. The molecule has 114 valence electrons. The Labute approximate surface area is 118 Å². The van der Waals surface area contributed by atoms with Crippen LogP contribution in [0, 0.1) is 6.92 Å². The lowest BCUT2D eigenvalue weighted by Crippen LogP contribution is -2.51. The third-order valence-corrected chi connectivity index (χ3v) is 3.07. The van der Waals surface area contributed by atoms with Gasteiger partial charge in [-0.25, -0.2) is 0 Å². The van der Waals surface area contributed by atoms with Crippen molar-refractivity contribution in [2.24, 2.45) is 0 Å². The van der Waals surface area contributed by atoms with Gasteiger partial charge in [-0.1, -0.05) is 18.2 Å². The molecule has 6 heteroatoms. The Bertz CT molecular complexity index is 397. The molecular weight excluding hydrogens is 264 g/mol. The molecule has 1 unspecified atom stereocenters. The Morgan fingerprint density at radius 1 is 1.25 bits per heavy atom. The minimum Gasteiger partial charge on any atom is -0.465 e. The first kappa shape index (κ1) is 16.9. The van der Waals surface area contributed by atoms with Gasteiger partial charge < -0.3 is 29.9 Å². The molecule has 0 radical (unpaired) electrons. The van der Waals surface area contributed by atoms with Crippen molar-refractivity contribution in [2.45, 2.75) is 37.9 Å². The number of aryl methyl sites for hydroxylation is 1. The molecule has 1 aromatic rings. The van der Waals surface area contributed by atoms with Gasteiger partial charge in [0.2, 0.25) is 6.29 Å². The van der Waals surface area contributed by atoms with Crippen LogP contribution in [0.3, 0.4) is 0 Å². The van der Waals surface area contributed by atoms with Crippen molar-refractivity contribution < 1.29 is 29.9 Å². The average molecular weight is 286 g/mol. The second-order valence-corrected chi connectivity index (χ2v) is 4.46. The number of hydrogen-bond donors (Lipinski definition) is 4. The van der Waals surface area contributed by atoms with E-state index in [1.807, 2.05) is 31.2 Å². The van der Waals surface area contributed by atoms with E-state index in [-0.39, 0.29) is 13.0 Å². The van der Waals surface area contributed by atoms with E-state index < -0.39 is 24.6 Å². The minimum absolute atomic E-state index is 0.173. The van der Waals surface area contributed by atoms with Crippen molar-refractivity contribution in [3.05, 3.63) is 29.8 Å². The van der Waals surface area contributed by atoms with Crippen molar-refractivity contribution in [3.63, 3.8) is 0 Å². The first-order valence-corrected chi connectivity index (χ1v) is 6.41. The second kappa shape index (κ2) is 8.18. The summed E-state index contributed by atoms with van der Waals surface area (Å²) in [7, 11) is 1.00. The topological polar surface area (TPSA) is 99.4 Å². The fourth-order valence-electron chi connectivity index (χ4n) is 1.97. The molecule has 6 nitrogen and oxygen atoms in total. The van der Waals surface area contributed by atoms with Gasteiger partial charge in [0.25, 0.3) is 0 Å². The van der Waals surface area contributed by atoms with E-state index in [0.29, 0.717) is 5.75 Å². The molecule has 20 heavy (non-hydrogen) atoms. The van der Waals surface area contributed by atoms with Gasteiger partial charge in [-0.15, -0.1) is 0 Å². The molecule has 2 rings (SSSR count). The molecule has 0 aliphatic carbocycles. The van der Waals surface area contributed by atoms with Crippen LogP contribution in [-0.4, -0.2) is 58.7 Å². The quantitative estimate of drug-likeness (QED) is 0.615. The lowest BCUT2D eigenvalue weighted by atomic mass is 10.0. The van der Waals surface area contributed by atoms with Gasteiger partial charge in [0.1, 0.15) is 18.0 Å². The van der Waals surface area contributed by atoms with Crippen LogP contribution in [0.4, 0.5) is 0 Å². The highest BCUT2D eigenvalue weighted by atomic mass is 16.7. The van der Waals surface area contributed by atoms with Gasteiger partial charge >= 0.3 is 0 Å². The van der Waals surface area contributed by atoms with Crippen molar-refractivity contribution in [1.29, 1.82) is 0 Å². The fourth-order valence-corrected chi connectivity index (χ4v) is 1.97. The number of ether oxygens (including phenoxy) is 2. The summed E-state index contributed by atoms with van der Waals surface area (Å²) < 4.78 is 11.0. The molecule has 0 amide bonds. The lowest BCUT2D eigenvalue weighted by Gasteiger charge is -2.36. The van der Waals surface area contributed by atoms with Crippen LogP contribution in [0.5, 0.6) is 5.75 Å². The molecule has 0 saturated carbocycles. The van der Waals surface area contributed by atoms with Gasteiger partial charge in [-0.2, -0.15) is 0 Å². The number of aliphatic hydroxyl groups is 4. The van der Waals surface area contributed by atoms with Gasteiger partial charge in [0.15, 0.2) is 0 Å². The zero-order valence-electron chi connectivity index (χ0n) is 11.6. The normalized spacial score (nSPS) is 29.3. The molecule has 1 aromatic carbocycles. The zero-order chi connectivity index (χ0) is 15.1. The molecule has 1 saturated heterocycles. The molecule has 1 fully saturated rings. The first-order valence-electron chi connectivity index (χ1n) is 6.41. The van der Waals surface area contributed by atoms with Gasteiger partial charge in [-0.05, 0) is 18.6 Å². The number of rotatable bonds is 3. The predicted octanol–water partition coefficient (Wildman–Crippen LogP) is -0.189. The summed E-state index contributed by atoms with van der Waals surface area (Å²) in [5, 5.41) is 35.3. The molecule has 0 spiro atoms. The fraction of sp³-hybridized carbons (Fsp3) is 0.571. The average Bonchev–Trinajstić information content (AvgIpc) is 2.47. The highest BCUT2D eigenvalue weighted by Gasteiger charge is 2.37. The maximum Gasteiger partial charge on any atom is 0.202 e. The summed E-state index contributed by atoms with van der Waals surface area (Å²) >= 11 is 0. The molecule has 4 atom stereocenters. The van der Waals surface area contributed by atoms with Crippen molar-refractivity contribution in [2.75, 3.05) is 13.7 Å². The van der Waals surface area contributed by atoms with Crippen LogP contribution < -0.4 is 4.74 Å². The Morgan fingerprint density at radius 3 is 2.50 bits per heavy atom. The van der Waals surface area contributed by atoms with Crippen LogP contribution >= 0.6 is 0 Å². The summed E-state index contributed by atoms with van der Waals surface area (Å²) in [4.78, 5) is 0. The van der Waals surface area contributed by atoms with E-state index in [2.05, 4.69) is 0 Å². The van der Waals surface area contributed by atoms with E-state index in [9.17, 15) is 10.2 Å². The Hall–Kier alpha value is -1.18. The smallest absolute Gasteiger partial charge is 0.202 e. The zero-order valence-corrected chi connectivity index (χ0v) is 11.6. The summed E-state index contributed by atoms with van der Waals surface area (Å²) in [6, 6.07) is 7.47. The van der Waals surface area contributed by atoms with E-state index in [4.69, 9.17) is 19.7 Å². The van der Waals surface area contributed by atoms with Crippen LogP contribution in [0.25, 0.3) is 0 Å². The summed E-state index contributed by atoms with van der Waals surface area (Å²) in [6.45, 7) is 1.55.